The molecule has 0 aliphatic carbocycles. The van der Waals surface area contributed by atoms with Crippen LogP contribution in [0.5, 0.6) is 5.75 Å². The molecule has 1 amide bonds. The number of amides is 1. The van der Waals surface area contributed by atoms with E-state index in [4.69, 9.17) is 28.6 Å². The topological polar surface area (TPSA) is 62.4 Å². The van der Waals surface area contributed by atoms with Crippen LogP contribution in [0, 0.1) is 5.82 Å². The molecule has 0 unspecified atom stereocenters. The highest BCUT2D eigenvalue weighted by molar-refractivity contribution is 7.80. The first-order valence-electron chi connectivity index (χ1n) is 9.10. The van der Waals surface area contributed by atoms with Crippen LogP contribution in [-0.2, 0) is 0 Å². The lowest BCUT2D eigenvalue weighted by atomic mass is 10.2. The van der Waals surface area contributed by atoms with Crippen LogP contribution in [0.25, 0.3) is 0 Å². The molecule has 0 bridgehead atoms. The minimum Gasteiger partial charge on any atom is -0.492 e. The molecular formula is C22H19ClFN3O2S. The van der Waals surface area contributed by atoms with Gasteiger partial charge in [-0.15, -0.1) is 0 Å². The van der Waals surface area contributed by atoms with Gasteiger partial charge in [-0.3, -0.25) is 4.79 Å². The van der Waals surface area contributed by atoms with Crippen molar-refractivity contribution >= 4 is 46.2 Å². The number of hydrogen-bond acceptors (Lipinski definition) is 3. The van der Waals surface area contributed by atoms with Gasteiger partial charge in [-0.2, -0.15) is 0 Å². The molecule has 8 heteroatoms. The van der Waals surface area contributed by atoms with Crippen LogP contribution in [0.4, 0.5) is 15.8 Å². The molecule has 0 aliphatic heterocycles. The minimum atomic E-state index is -0.566. The van der Waals surface area contributed by atoms with Gasteiger partial charge in [-0.25, -0.2) is 4.39 Å². The number of anilines is 2. The third-order valence-corrected chi connectivity index (χ3v) is 4.45. The Bertz CT molecular complexity index is 1030. The summed E-state index contributed by atoms with van der Waals surface area (Å²) >= 11 is 11.2. The molecule has 3 aromatic carbocycles. The highest BCUT2D eigenvalue weighted by Gasteiger charge is 2.10. The molecular weight excluding hydrogens is 425 g/mol. The van der Waals surface area contributed by atoms with Crippen LogP contribution in [0.3, 0.4) is 0 Å². The number of rotatable bonds is 7. The van der Waals surface area contributed by atoms with E-state index in [1.165, 1.54) is 18.2 Å². The largest absolute Gasteiger partial charge is 0.492 e. The summed E-state index contributed by atoms with van der Waals surface area (Å²) in [5.74, 6) is -0.383. The van der Waals surface area contributed by atoms with Gasteiger partial charge in [0.1, 0.15) is 18.2 Å². The van der Waals surface area contributed by atoms with Gasteiger partial charge in [0.05, 0.1) is 12.1 Å². The Labute approximate surface area is 184 Å². The molecule has 0 fully saturated rings. The lowest BCUT2D eigenvalue weighted by molar-refractivity contribution is 0.102. The second-order valence-electron chi connectivity index (χ2n) is 6.20. The smallest absolute Gasteiger partial charge is 0.258 e. The van der Waals surface area contributed by atoms with Gasteiger partial charge >= 0.3 is 0 Å². The molecule has 30 heavy (non-hydrogen) atoms. The first kappa shape index (κ1) is 21.5. The van der Waals surface area contributed by atoms with Crippen molar-refractivity contribution in [1.29, 1.82) is 0 Å². The average Bonchev–Trinajstić information content (AvgIpc) is 2.73. The van der Waals surface area contributed by atoms with Crippen LogP contribution in [-0.4, -0.2) is 24.2 Å². The summed E-state index contributed by atoms with van der Waals surface area (Å²) < 4.78 is 19.3. The van der Waals surface area contributed by atoms with Crippen molar-refractivity contribution in [3.05, 3.63) is 89.2 Å². The number of nitrogens with one attached hydrogen (secondary N) is 3. The summed E-state index contributed by atoms with van der Waals surface area (Å²) in [6, 6.07) is 19.9. The molecule has 0 radical (unpaired) electrons. The molecule has 0 aliphatic rings. The number of carbonyl (C=O) groups excluding carboxylic acids is 1. The van der Waals surface area contributed by atoms with E-state index in [-0.39, 0.29) is 5.56 Å². The molecule has 3 N–H and O–H groups in total. The number of thiocarbonyl (C=S) groups is 1. The van der Waals surface area contributed by atoms with E-state index in [1.807, 2.05) is 12.1 Å². The monoisotopic (exact) mass is 443 g/mol. The van der Waals surface area contributed by atoms with Gasteiger partial charge in [-0.1, -0.05) is 29.8 Å². The molecule has 0 heterocycles. The van der Waals surface area contributed by atoms with Gasteiger partial charge in [0.15, 0.2) is 5.11 Å². The Hall–Kier alpha value is -3.16. The van der Waals surface area contributed by atoms with Crippen LogP contribution in [0.15, 0.2) is 72.8 Å². The van der Waals surface area contributed by atoms with Crippen LogP contribution >= 0.6 is 23.8 Å². The maximum atomic E-state index is 13.7. The second kappa shape index (κ2) is 10.6. The Morgan fingerprint density at radius 3 is 2.37 bits per heavy atom. The van der Waals surface area contributed by atoms with Crippen molar-refractivity contribution in [2.24, 2.45) is 0 Å². The normalized spacial score (nSPS) is 10.2. The van der Waals surface area contributed by atoms with Gasteiger partial charge in [0.2, 0.25) is 0 Å². The van der Waals surface area contributed by atoms with E-state index in [1.54, 1.807) is 42.5 Å². The lowest BCUT2D eigenvalue weighted by Gasteiger charge is -2.12. The number of benzene rings is 3. The molecule has 154 valence electrons. The SMILES string of the molecule is O=C(Nc1ccc(NC(=S)NCCOc2cccc(Cl)c2)cc1)c1ccccc1F. The van der Waals surface area contributed by atoms with Gasteiger partial charge in [-0.05, 0) is 66.8 Å². The molecule has 0 saturated carbocycles. The summed E-state index contributed by atoms with van der Waals surface area (Å²) in [6.07, 6.45) is 0. The predicted octanol–water partition coefficient (Wildman–Crippen LogP) is 5.10. The average molecular weight is 444 g/mol. The van der Waals surface area contributed by atoms with E-state index >= 15 is 0 Å². The van der Waals surface area contributed by atoms with Crippen LogP contribution in [0.2, 0.25) is 5.02 Å². The van der Waals surface area contributed by atoms with E-state index in [0.29, 0.717) is 34.7 Å². The number of hydrogen-bond donors (Lipinski definition) is 3. The van der Waals surface area contributed by atoms with Crippen molar-refractivity contribution in [3.8, 4) is 5.75 Å². The number of carbonyl (C=O) groups is 1. The highest BCUT2D eigenvalue weighted by Crippen LogP contribution is 2.17. The van der Waals surface area contributed by atoms with E-state index in [9.17, 15) is 9.18 Å². The molecule has 0 saturated heterocycles. The minimum absolute atomic E-state index is 0.00919. The van der Waals surface area contributed by atoms with E-state index in [2.05, 4.69) is 16.0 Å². The van der Waals surface area contributed by atoms with Crippen molar-refractivity contribution < 1.29 is 13.9 Å². The quantitative estimate of drug-likeness (QED) is 0.350. The fourth-order valence-electron chi connectivity index (χ4n) is 2.55. The summed E-state index contributed by atoms with van der Waals surface area (Å²) in [5.41, 5.74) is 1.28. The van der Waals surface area contributed by atoms with Crippen molar-refractivity contribution in [3.63, 3.8) is 0 Å². The maximum Gasteiger partial charge on any atom is 0.258 e. The highest BCUT2D eigenvalue weighted by atomic mass is 35.5. The van der Waals surface area contributed by atoms with Crippen LogP contribution < -0.4 is 20.7 Å². The first-order chi connectivity index (χ1) is 14.5. The lowest BCUT2D eigenvalue weighted by Crippen LogP contribution is -2.31. The summed E-state index contributed by atoms with van der Waals surface area (Å²) in [7, 11) is 0. The van der Waals surface area contributed by atoms with Gasteiger partial charge in [0.25, 0.3) is 5.91 Å². The zero-order valence-corrected chi connectivity index (χ0v) is 17.4. The maximum absolute atomic E-state index is 13.7. The van der Waals surface area contributed by atoms with E-state index < -0.39 is 11.7 Å². The zero-order chi connectivity index (χ0) is 21.3. The van der Waals surface area contributed by atoms with Crippen LogP contribution in [0.1, 0.15) is 10.4 Å². The zero-order valence-electron chi connectivity index (χ0n) is 15.8. The molecule has 0 aromatic heterocycles. The third-order valence-electron chi connectivity index (χ3n) is 3.97. The Kier molecular flexibility index (Phi) is 7.59. The van der Waals surface area contributed by atoms with E-state index in [0.717, 1.165) is 5.69 Å². The molecule has 0 spiro atoms. The number of halogens is 2. The molecule has 3 aromatic rings. The summed E-state index contributed by atoms with van der Waals surface area (Å²) in [4.78, 5) is 12.1. The first-order valence-corrected chi connectivity index (χ1v) is 9.89. The third kappa shape index (κ3) is 6.43. The van der Waals surface area contributed by atoms with Crippen molar-refractivity contribution in [2.45, 2.75) is 0 Å². The van der Waals surface area contributed by atoms with Crippen molar-refractivity contribution in [2.75, 3.05) is 23.8 Å². The molecule has 5 nitrogen and oxygen atoms in total. The Morgan fingerprint density at radius 1 is 0.967 bits per heavy atom. The predicted molar refractivity (Wildman–Crippen MR) is 122 cm³/mol. The fraction of sp³-hybridized carbons (Fsp3) is 0.0909. The standard InChI is InChI=1S/C22H19ClFN3O2S/c23-15-4-3-5-18(14-15)29-13-12-25-22(30)27-17-10-8-16(9-11-17)26-21(28)19-6-1-2-7-20(19)24/h1-11,14H,12-13H2,(H,26,28)(H2,25,27,30). The fourth-order valence-corrected chi connectivity index (χ4v) is 2.95. The van der Waals surface area contributed by atoms with Gasteiger partial charge < -0.3 is 20.7 Å². The molecule has 0 atom stereocenters. The Balaban J connectivity index is 1.43. The van der Waals surface area contributed by atoms with Crippen molar-refractivity contribution in [1.82, 2.24) is 5.32 Å². The number of ether oxygens (including phenoxy) is 1. The molecule has 3 rings (SSSR count). The second-order valence-corrected chi connectivity index (χ2v) is 7.04. The summed E-state index contributed by atoms with van der Waals surface area (Å²) in [6.45, 7) is 0.929. The Morgan fingerprint density at radius 2 is 1.67 bits per heavy atom. The van der Waals surface area contributed by atoms with Gasteiger partial charge in [0, 0.05) is 16.4 Å². The summed E-state index contributed by atoms with van der Waals surface area (Å²) in [5, 5.41) is 9.80.